The number of carbonyl (C=O) groups is 2. The molecule has 0 bridgehead atoms. The number of methoxy groups -OCH3 is 1. The molecule has 24 heavy (non-hydrogen) atoms. The molecule has 1 aliphatic rings. The summed E-state index contributed by atoms with van der Waals surface area (Å²) in [6.45, 7) is 1.63. The number of anilines is 3. The van der Waals surface area contributed by atoms with Gasteiger partial charge in [-0.05, 0) is 19.8 Å². The summed E-state index contributed by atoms with van der Waals surface area (Å²) in [5, 5.41) is 2.89. The van der Waals surface area contributed by atoms with Crippen LogP contribution in [0.4, 0.5) is 17.6 Å². The molecule has 1 atom stereocenters. The summed E-state index contributed by atoms with van der Waals surface area (Å²) in [4.78, 5) is 33.6. The number of nitrogens with zero attached hydrogens (tertiary/aromatic N) is 3. The summed E-state index contributed by atoms with van der Waals surface area (Å²) in [5.74, 6) is 0.334. The van der Waals surface area contributed by atoms with Gasteiger partial charge in [0, 0.05) is 13.1 Å². The van der Waals surface area contributed by atoms with Crippen LogP contribution in [0.3, 0.4) is 0 Å². The minimum atomic E-state index is -0.657. The molecule has 0 amide bonds. The number of ether oxygens (including phenoxy) is 1. The Kier molecular flexibility index (Phi) is 5.94. The lowest BCUT2D eigenvalue weighted by molar-refractivity contribution is -0.141. The van der Waals surface area contributed by atoms with Crippen molar-refractivity contribution >= 4 is 29.8 Å². The van der Waals surface area contributed by atoms with Gasteiger partial charge in [0.2, 0.25) is 5.95 Å². The van der Waals surface area contributed by atoms with Gasteiger partial charge in [0.1, 0.15) is 17.7 Å². The predicted molar refractivity (Wildman–Crippen MR) is 92.2 cm³/mol. The standard InChI is InChI=1S/C16H25N5O3/c1-10(15(23)24-3)18-13-12(9-22)14(20-16(17)19-13)21(2)11-7-5-4-6-8-11/h9-11H,4-8H2,1-3H3,(H3,17,18,19,20)/t10-/m0/s1. The molecule has 1 aromatic rings. The predicted octanol–water partition coefficient (Wildman–Crippen LogP) is 1.61. The first-order chi connectivity index (χ1) is 11.5. The first kappa shape index (κ1) is 18.0. The highest BCUT2D eigenvalue weighted by atomic mass is 16.5. The van der Waals surface area contributed by atoms with Gasteiger partial charge in [0.25, 0.3) is 0 Å². The van der Waals surface area contributed by atoms with Crippen LogP contribution in [0, 0.1) is 0 Å². The third-order valence-electron chi connectivity index (χ3n) is 4.43. The van der Waals surface area contributed by atoms with E-state index in [-0.39, 0.29) is 11.8 Å². The lowest BCUT2D eigenvalue weighted by Gasteiger charge is -2.33. The normalized spacial score (nSPS) is 16.3. The van der Waals surface area contributed by atoms with Crippen LogP contribution >= 0.6 is 0 Å². The van der Waals surface area contributed by atoms with Crippen molar-refractivity contribution in [1.82, 2.24) is 9.97 Å². The minimum absolute atomic E-state index is 0.0535. The smallest absolute Gasteiger partial charge is 0.328 e. The van der Waals surface area contributed by atoms with E-state index >= 15 is 0 Å². The van der Waals surface area contributed by atoms with Gasteiger partial charge in [0.05, 0.1) is 12.7 Å². The number of esters is 1. The zero-order chi connectivity index (χ0) is 17.7. The lowest BCUT2D eigenvalue weighted by Crippen LogP contribution is -2.35. The van der Waals surface area contributed by atoms with Crippen molar-refractivity contribution in [3.05, 3.63) is 5.56 Å². The number of aromatic nitrogens is 2. The van der Waals surface area contributed by atoms with Gasteiger partial charge in [0.15, 0.2) is 6.29 Å². The van der Waals surface area contributed by atoms with Gasteiger partial charge in [-0.25, -0.2) is 4.79 Å². The molecule has 0 aliphatic heterocycles. The molecule has 1 aromatic heterocycles. The first-order valence-electron chi connectivity index (χ1n) is 8.17. The number of rotatable bonds is 6. The highest BCUT2D eigenvalue weighted by molar-refractivity contribution is 5.91. The van der Waals surface area contributed by atoms with Crippen LogP contribution in [0.25, 0.3) is 0 Å². The van der Waals surface area contributed by atoms with E-state index in [1.165, 1.54) is 13.5 Å². The Labute approximate surface area is 141 Å². The van der Waals surface area contributed by atoms with Crippen molar-refractivity contribution < 1.29 is 14.3 Å². The topological polar surface area (TPSA) is 110 Å². The molecule has 1 fully saturated rings. The molecule has 132 valence electrons. The Hall–Kier alpha value is -2.38. The summed E-state index contributed by atoms with van der Waals surface area (Å²) in [5.41, 5.74) is 6.11. The largest absolute Gasteiger partial charge is 0.467 e. The number of hydrogen-bond acceptors (Lipinski definition) is 8. The molecule has 3 N–H and O–H groups in total. The molecule has 0 saturated heterocycles. The average Bonchev–Trinajstić information content (AvgIpc) is 2.60. The van der Waals surface area contributed by atoms with Crippen LogP contribution in [0.2, 0.25) is 0 Å². The second kappa shape index (κ2) is 7.94. The Balaban J connectivity index is 2.34. The van der Waals surface area contributed by atoms with Crippen molar-refractivity contribution in [2.45, 2.75) is 51.1 Å². The Morgan fingerprint density at radius 1 is 1.38 bits per heavy atom. The number of hydrogen-bond donors (Lipinski definition) is 2. The van der Waals surface area contributed by atoms with Crippen LogP contribution in [-0.4, -0.2) is 48.5 Å². The number of aldehydes is 1. The average molecular weight is 335 g/mol. The lowest BCUT2D eigenvalue weighted by atomic mass is 9.94. The minimum Gasteiger partial charge on any atom is -0.467 e. The summed E-state index contributed by atoms with van der Waals surface area (Å²) in [7, 11) is 3.22. The zero-order valence-corrected chi connectivity index (χ0v) is 14.4. The van der Waals surface area contributed by atoms with Crippen LogP contribution in [0.1, 0.15) is 49.4 Å². The monoisotopic (exact) mass is 335 g/mol. The van der Waals surface area contributed by atoms with Crippen molar-refractivity contribution in [1.29, 1.82) is 0 Å². The molecular formula is C16H25N5O3. The molecule has 8 heteroatoms. The van der Waals surface area contributed by atoms with E-state index in [9.17, 15) is 9.59 Å². The number of carbonyl (C=O) groups excluding carboxylic acids is 2. The third kappa shape index (κ3) is 3.93. The van der Waals surface area contributed by atoms with Gasteiger partial charge < -0.3 is 20.7 Å². The Morgan fingerprint density at radius 2 is 2.04 bits per heavy atom. The molecule has 2 rings (SSSR count). The fourth-order valence-corrected chi connectivity index (χ4v) is 3.04. The maximum Gasteiger partial charge on any atom is 0.328 e. The molecule has 1 heterocycles. The molecule has 1 aliphatic carbocycles. The van der Waals surface area contributed by atoms with Gasteiger partial charge in [-0.2, -0.15) is 9.97 Å². The highest BCUT2D eigenvalue weighted by Gasteiger charge is 2.25. The van der Waals surface area contributed by atoms with Crippen LogP contribution in [-0.2, 0) is 9.53 Å². The second-order valence-electron chi connectivity index (χ2n) is 6.08. The van der Waals surface area contributed by atoms with E-state index in [2.05, 4.69) is 20.0 Å². The van der Waals surface area contributed by atoms with Crippen LogP contribution in [0.15, 0.2) is 0 Å². The van der Waals surface area contributed by atoms with Crippen molar-refractivity contribution in [2.75, 3.05) is 30.1 Å². The molecule has 1 saturated carbocycles. The van der Waals surface area contributed by atoms with E-state index in [0.717, 1.165) is 25.7 Å². The molecule has 0 aromatic carbocycles. The van der Waals surface area contributed by atoms with E-state index in [1.807, 2.05) is 11.9 Å². The highest BCUT2D eigenvalue weighted by Crippen LogP contribution is 2.29. The summed E-state index contributed by atoms with van der Waals surface area (Å²) >= 11 is 0. The molecule has 0 spiro atoms. The van der Waals surface area contributed by atoms with Crippen LogP contribution < -0.4 is 16.0 Å². The maximum absolute atomic E-state index is 11.7. The van der Waals surface area contributed by atoms with Gasteiger partial charge in [-0.15, -0.1) is 0 Å². The van der Waals surface area contributed by atoms with E-state index in [0.29, 0.717) is 23.7 Å². The van der Waals surface area contributed by atoms with E-state index < -0.39 is 12.0 Å². The maximum atomic E-state index is 11.7. The second-order valence-corrected chi connectivity index (χ2v) is 6.08. The number of nitrogens with two attached hydrogens (primary N) is 1. The third-order valence-corrected chi connectivity index (χ3v) is 4.43. The summed E-state index contributed by atoms with van der Waals surface area (Å²) in [6, 6.07) is -0.339. The number of nitrogen functional groups attached to an aromatic ring is 1. The summed E-state index contributed by atoms with van der Waals surface area (Å²) in [6.07, 6.45) is 6.37. The van der Waals surface area contributed by atoms with Crippen molar-refractivity contribution in [2.24, 2.45) is 0 Å². The quantitative estimate of drug-likeness (QED) is 0.596. The van der Waals surface area contributed by atoms with Crippen molar-refractivity contribution in [3.63, 3.8) is 0 Å². The fraction of sp³-hybridized carbons (Fsp3) is 0.625. The zero-order valence-electron chi connectivity index (χ0n) is 14.4. The van der Waals surface area contributed by atoms with Gasteiger partial charge in [-0.3, -0.25) is 4.79 Å². The Bertz CT molecular complexity index is 602. The molecule has 0 radical (unpaired) electrons. The molecule has 8 nitrogen and oxygen atoms in total. The first-order valence-corrected chi connectivity index (χ1v) is 8.17. The SMILES string of the molecule is COC(=O)[C@H](C)Nc1nc(N)nc(N(C)C2CCCCC2)c1C=O. The van der Waals surface area contributed by atoms with Crippen LogP contribution in [0.5, 0.6) is 0 Å². The van der Waals surface area contributed by atoms with E-state index in [1.54, 1.807) is 6.92 Å². The number of nitrogens with one attached hydrogen (secondary N) is 1. The fourth-order valence-electron chi connectivity index (χ4n) is 3.04. The summed E-state index contributed by atoms with van der Waals surface area (Å²) < 4.78 is 4.69. The Morgan fingerprint density at radius 3 is 2.62 bits per heavy atom. The van der Waals surface area contributed by atoms with Gasteiger partial charge in [-0.1, -0.05) is 19.3 Å². The van der Waals surface area contributed by atoms with Crippen molar-refractivity contribution in [3.8, 4) is 0 Å². The van der Waals surface area contributed by atoms with Gasteiger partial charge >= 0.3 is 5.97 Å². The van der Waals surface area contributed by atoms with E-state index in [4.69, 9.17) is 5.73 Å². The molecular weight excluding hydrogens is 310 g/mol. The molecule has 0 unspecified atom stereocenters.